The van der Waals surface area contributed by atoms with Gasteiger partial charge in [0.25, 0.3) is 0 Å². The van der Waals surface area contributed by atoms with Gasteiger partial charge in [0.15, 0.2) is 10.8 Å². The monoisotopic (exact) mass is 397 g/mol. The molecule has 0 saturated carbocycles. The third-order valence-corrected chi connectivity index (χ3v) is 5.18. The first-order valence-electron chi connectivity index (χ1n) is 8.47. The minimum Gasteiger partial charge on any atom is -0.462 e. The van der Waals surface area contributed by atoms with E-state index in [1.165, 1.54) is 17.5 Å². The van der Waals surface area contributed by atoms with Gasteiger partial charge in [-0.25, -0.2) is 14.8 Å². The topological polar surface area (TPSA) is 74.1 Å². The SMILES string of the molecule is CCOC(=O)c1cn(-c2nccs2)c2nc(C#C[Si](C)(C)C)ccc2c1=O. The van der Waals surface area contributed by atoms with Crippen molar-refractivity contribution in [1.82, 2.24) is 14.5 Å². The predicted molar refractivity (Wildman–Crippen MR) is 109 cm³/mol. The number of rotatable bonds is 3. The number of carbonyl (C=O) groups excluding carboxylic acids is 1. The van der Waals surface area contributed by atoms with Gasteiger partial charge in [0.1, 0.15) is 19.3 Å². The Morgan fingerprint density at radius 1 is 1.33 bits per heavy atom. The lowest BCUT2D eigenvalue weighted by Gasteiger charge is -2.10. The summed E-state index contributed by atoms with van der Waals surface area (Å²) in [6, 6.07) is 3.36. The van der Waals surface area contributed by atoms with Crippen LogP contribution in [0.4, 0.5) is 0 Å². The average molecular weight is 398 g/mol. The number of esters is 1. The van der Waals surface area contributed by atoms with E-state index in [0.29, 0.717) is 21.9 Å². The normalized spacial score (nSPS) is 11.1. The number of hydrogen-bond donors (Lipinski definition) is 0. The largest absolute Gasteiger partial charge is 0.462 e. The highest BCUT2D eigenvalue weighted by Crippen LogP contribution is 2.19. The molecular formula is C19H19N3O3SSi. The van der Waals surface area contributed by atoms with E-state index in [0.717, 1.165) is 0 Å². The molecule has 0 fully saturated rings. The van der Waals surface area contributed by atoms with Crippen LogP contribution in [-0.4, -0.2) is 35.2 Å². The van der Waals surface area contributed by atoms with Gasteiger partial charge in [-0.3, -0.25) is 9.36 Å². The van der Waals surface area contributed by atoms with Gasteiger partial charge in [0, 0.05) is 17.8 Å². The summed E-state index contributed by atoms with van der Waals surface area (Å²) in [5.74, 6) is 2.45. The molecule has 0 bridgehead atoms. The Hall–Kier alpha value is -2.76. The maximum Gasteiger partial charge on any atom is 0.343 e. The first-order chi connectivity index (χ1) is 12.8. The third kappa shape index (κ3) is 4.15. The van der Waals surface area contributed by atoms with Crippen LogP contribution in [0.1, 0.15) is 23.0 Å². The lowest BCUT2D eigenvalue weighted by atomic mass is 10.2. The lowest BCUT2D eigenvalue weighted by Crippen LogP contribution is -2.21. The zero-order chi connectivity index (χ0) is 19.6. The summed E-state index contributed by atoms with van der Waals surface area (Å²) in [5, 5.41) is 2.75. The fourth-order valence-electron chi connectivity index (χ4n) is 2.36. The maximum atomic E-state index is 12.8. The van der Waals surface area contributed by atoms with Gasteiger partial charge < -0.3 is 4.74 Å². The van der Waals surface area contributed by atoms with Crippen molar-refractivity contribution in [2.45, 2.75) is 26.6 Å². The standard InChI is InChI=1S/C19H19N3O3SSi/c1-5-25-18(24)15-12-22(19-20-9-10-26-19)17-14(16(15)23)7-6-13(21-17)8-11-27(2,3)4/h6-7,9-10,12H,5H2,1-4H3. The number of fused-ring (bicyclic) bond motifs is 1. The molecule has 0 radical (unpaired) electrons. The Bertz CT molecular complexity index is 1120. The van der Waals surface area contributed by atoms with E-state index in [9.17, 15) is 9.59 Å². The molecule has 0 spiro atoms. The molecule has 0 saturated heterocycles. The number of nitrogens with zero attached hydrogens (tertiary/aromatic N) is 3. The van der Waals surface area contributed by atoms with Gasteiger partial charge in [-0.15, -0.1) is 16.9 Å². The summed E-state index contributed by atoms with van der Waals surface area (Å²) in [4.78, 5) is 33.9. The Kier molecular flexibility index (Phi) is 5.26. The Labute approximate surface area is 161 Å². The summed E-state index contributed by atoms with van der Waals surface area (Å²) >= 11 is 1.38. The zero-order valence-electron chi connectivity index (χ0n) is 15.6. The van der Waals surface area contributed by atoms with Crippen LogP contribution in [0.3, 0.4) is 0 Å². The van der Waals surface area contributed by atoms with Gasteiger partial charge >= 0.3 is 5.97 Å². The second kappa shape index (κ2) is 7.46. The number of ether oxygens (including phenoxy) is 1. The highest BCUT2D eigenvalue weighted by Gasteiger charge is 2.19. The van der Waals surface area contributed by atoms with Gasteiger partial charge in [-0.2, -0.15) is 0 Å². The molecule has 0 amide bonds. The molecular weight excluding hydrogens is 378 g/mol. The molecule has 0 aromatic carbocycles. The van der Waals surface area contributed by atoms with Crippen LogP contribution in [0.25, 0.3) is 16.2 Å². The second-order valence-corrected chi connectivity index (χ2v) is 12.5. The van der Waals surface area contributed by atoms with Crippen LogP contribution in [0.15, 0.2) is 34.7 Å². The van der Waals surface area contributed by atoms with Gasteiger partial charge in [0.05, 0.1) is 12.0 Å². The fraction of sp³-hybridized carbons (Fsp3) is 0.263. The van der Waals surface area contributed by atoms with E-state index in [-0.39, 0.29) is 12.2 Å². The maximum absolute atomic E-state index is 12.8. The van der Waals surface area contributed by atoms with E-state index in [4.69, 9.17) is 4.74 Å². The summed E-state index contributed by atoms with van der Waals surface area (Å²) < 4.78 is 6.67. The number of pyridine rings is 2. The number of carbonyl (C=O) groups is 1. The van der Waals surface area contributed by atoms with Crippen LogP contribution < -0.4 is 5.43 Å². The molecule has 0 aliphatic rings. The zero-order valence-corrected chi connectivity index (χ0v) is 17.4. The molecule has 0 atom stereocenters. The first-order valence-corrected chi connectivity index (χ1v) is 12.8. The summed E-state index contributed by atoms with van der Waals surface area (Å²) in [5.41, 5.74) is 3.83. The molecule has 3 heterocycles. The fourth-order valence-corrected chi connectivity index (χ4v) is 3.48. The lowest BCUT2D eigenvalue weighted by molar-refractivity contribution is 0.0524. The third-order valence-electron chi connectivity index (χ3n) is 3.54. The molecule has 0 aliphatic carbocycles. The van der Waals surface area contributed by atoms with Crippen LogP contribution >= 0.6 is 11.3 Å². The van der Waals surface area contributed by atoms with E-state index in [1.807, 2.05) is 5.38 Å². The Balaban J connectivity index is 2.28. The molecule has 27 heavy (non-hydrogen) atoms. The minimum absolute atomic E-state index is 0.0396. The number of aromatic nitrogens is 3. The van der Waals surface area contributed by atoms with Crippen molar-refractivity contribution in [2.75, 3.05) is 6.61 Å². The van der Waals surface area contributed by atoms with Crippen molar-refractivity contribution < 1.29 is 9.53 Å². The van der Waals surface area contributed by atoms with Crippen molar-refractivity contribution in [3.63, 3.8) is 0 Å². The molecule has 138 valence electrons. The van der Waals surface area contributed by atoms with Crippen molar-refractivity contribution in [3.05, 3.63) is 51.4 Å². The van der Waals surface area contributed by atoms with Crippen LogP contribution in [0, 0.1) is 11.5 Å². The van der Waals surface area contributed by atoms with E-state index >= 15 is 0 Å². The summed E-state index contributed by atoms with van der Waals surface area (Å²) in [7, 11) is -1.56. The van der Waals surface area contributed by atoms with Gasteiger partial charge in [-0.05, 0) is 19.1 Å². The quantitative estimate of drug-likeness (QED) is 0.385. The molecule has 3 rings (SSSR count). The van der Waals surface area contributed by atoms with E-state index < -0.39 is 19.5 Å². The first kappa shape index (κ1) is 19.0. The van der Waals surface area contributed by atoms with E-state index in [1.54, 1.807) is 29.8 Å². The van der Waals surface area contributed by atoms with E-state index in [2.05, 4.69) is 41.1 Å². The minimum atomic E-state index is -1.56. The number of thiazole rings is 1. The summed E-state index contributed by atoms with van der Waals surface area (Å²) in [6.07, 6.45) is 3.10. The van der Waals surface area contributed by atoms with Crippen LogP contribution in [0.5, 0.6) is 0 Å². The Morgan fingerprint density at radius 2 is 2.11 bits per heavy atom. The highest BCUT2D eigenvalue weighted by atomic mass is 32.1. The van der Waals surface area contributed by atoms with Crippen LogP contribution in [0.2, 0.25) is 19.6 Å². The smallest absolute Gasteiger partial charge is 0.343 e. The highest BCUT2D eigenvalue weighted by molar-refractivity contribution is 7.12. The molecule has 3 aromatic rings. The summed E-state index contributed by atoms with van der Waals surface area (Å²) in [6.45, 7) is 8.34. The molecule has 6 nitrogen and oxygen atoms in total. The molecule has 0 unspecified atom stereocenters. The molecule has 8 heteroatoms. The van der Waals surface area contributed by atoms with Gasteiger partial charge in [0.2, 0.25) is 5.43 Å². The predicted octanol–water partition coefficient (Wildman–Crippen LogP) is 3.25. The van der Waals surface area contributed by atoms with Crippen molar-refractivity contribution in [2.24, 2.45) is 0 Å². The Morgan fingerprint density at radius 3 is 2.74 bits per heavy atom. The van der Waals surface area contributed by atoms with Gasteiger partial charge in [-0.1, -0.05) is 25.6 Å². The van der Waals surface area contributed by atoms with Crippen LogP contribution in [-0.2, 0) is 4.74 Å². The van der Waals surface area contributed by atoms with Crippen molar-refractivity contribution >= 4 is 36.4 Å². The second-order valence-electron chi connectivity index (χ2n) is 6.84. The molecule has 0 N–H and O–H groups in total. The number of hydrogen-bond acceptors (Lipinski definition) is 6. The van der Waals surface area contributed by atoms with Crippen molar-refractivity contribution in [3.8, 4) is 16.6 Å². The average Bonchev–Trinajstić information content (AvgIpc) is 3.14. The molecule has 3 aromatic heterocycles. The van der Waals surface area contributed by atoms with Crippen molar-refractivity contribution in [1.29, 1.82) is 0 Å². The molecule has 0 aliphatic heterocycles.